The van der Waals surface area contributed by atoms with Gasteiger partial charge in [0.25, 0.3) is 11.8 Å². The van der Waals surface area contributed by atoms with E-state index in [1.165, 1.54) is 24.3 Å². The molecule has 6 nitrogen and oxygen atoms in total. The van der Waals surface area contributed by atoms with Crippen LogP contribution in [0.5, 0.6) is 0 Å². The number of benzene rings is 2. The Hall–Kier alpha value is -2.93. The number of halogens is 1. The highest BCUT2D eigenvalue weighted by Crippen LogP contribution is 2.31. The van der Waals surface area contributed by atoms with E-state index >= 15 is 0 Å². The van der Waals surface area contributed by atoms with Crippen LogP contribution >= 0.6 is 0 Å². The number of rotatable bonds is 4. The van der Waals surface area contributed by atoms with E-state index in [9.17, 15) is 14.0 Å². The summed E-state index contributed by atoms with van der Waals surface area (Å²) in [5, 5.41) is 2.92. The van der Waals surface area contributed by atoms with Crippen molar-refractivity contribution < 1.29 is 18.7 Å². The fourth-order valence-electron chi connectivity index (χ4n) is 3.75. The summed E-state index contributed by atoms with van der Waals surface area (Å²) >= 11 is 0. The van der Waals surface area contributed by atoms with Crippen molar-refractivity contribution in [1.29, 1.82) is 0 Å². The number of hydrogen-bond donors (Lipinski definition) is 1. The minimum atomic E-state index is -0.391. The Morgan fingerprint density at radius 2 is 1.55 bits per heavy atom. The van der Waals surface area contributed by atoms with E-state index in [1.807, 2.05) is 12.1 Å². The van der Waals surface area contributed by atoms with Crippen LogP contribution in [0, 0.1) is 5.82 Å². The molecular weight excluding hydrogens is 373 g/mol. The van der Waals surface area contributed by atoms with Crippen LogP contribution in [0.4, 0.5) is 15.8 Å². The predicted molar refractivity (Wildman–Crippen MR) is 109 cm³/mol. The lowest BCUT2D eigenvalue weighted by Gasteiger charge is -2.28. The lowest BCUT2D eigenvalue weighted by Crippen LogP contribution is -2.40. The van der Waals surface area contributed by atoms with Crippen LogP contribution in [0.3, 0.4) is 0 Å². The van der Waals surface area contributed by atoms with E-state index < -0.39 is 5.82 Å². The quantitative estimate of drug-likeness (QED) is 0.861. The fraction of sp³-hybridized carbons (Fsp3) is 0.364. The van der Waals surface area contributed by atoms with Gasteiger partial charge in [0.2, 0.25) is 0 Å². The molecule has 0 bridgehead atoms. The van der Waals surface area contributed by atoms with Crippen LogP contribution in [0.2, 0.25) is 0 Å². The van der Waals surface area contributed by atoms with Gasteiger partial charge in [0.05, 0.1) is 24.6 Å². The minimum Gasteiger partial charge on any atom is -0.378 e. The summed E-state index contributed by atoms with van der Waals surface area (Å²) in [5.41, 5.74) is 2.39. The average molecular weight is 397 g/mol. The van der Waals surface area contributed by atoms with Gasteiger partial charge in [-0.15, -0.1) is 0 Å². The van der Waals surface area contributed by atoms with Crippen LogP contribution < -0.4 is 10.2 Å². The molecule has 2 heterocycles. The van der Waals surface area contributed by atoms with Crippen molar-refractivity contribution in [3.05, 3.63) is 59.4 Å². The summed E-state index contributed by atoms with van der Waals surface area (Å²) in [6.07, 6.45) is 2.19. The van der Waals surface area contributed by atoms with E-state index in [1.54, 1.807) is 11.0 Å². The van der Waals surface area contributed by atoms with Gasteiger partial charge < -0.3 is 19.9 Å². The molecule has 7 heteroatoms. The number of morpholine rings is 1. The number of hydrogen-bond acceptors (Lipinski definition) is 4. The van der Waals surface area contributed by atoms with Crippen LogP contribution in [-0.2, 0) is 4.74 Å². The Kier molecular flexibility index (Phi) is 5.76. The molecule has 2 aromatic rings. The molecule has 0 spiro atoms. The summed E-state index contributed by atoms with van der Waals surface area (Å²) < 4.78 is 18.5. The number of nitrogens with zero attached hydrogens (tertiary/aromatic N) is 2. The molecule has 2 aromatic carbocycles. The first-order valence-electron chi connectivity index (χ1n) is 9.95. The molecule has 4 rings (SSSR count). The van der Waals surface area contributed by atoms with Gasteiger partial charge >= 0.3 is 0 Å². The summed E-state index contributed by atoms with van der Waals surface area (Å²) in [6, 6.07) is 10.9. The van der Waals surface area contributed by atoms with Gasteiger partial charge in [-0.05, 0) is 55.3 Å². The summed E-state index contributed by atoms with van der Waals surface area (Å²) in [7, 11) is 0. The highest BCUT2D eigenvalue weighted by atomic mass is 19.1. The molecule has 2 saturated heterocycles. The van der Waals surface area contributed by atoms with Crippen molar-refractivity contribution in [3.8, 4) is 0 Å². The second kappa shape index (κ2) is 8.61. The first-order valence-corrected chi connectivity index (χ1v) is 9.95. The molecule has 0 saturated carbocycles. The van der Waals surface area contributed by atoms with E-state index in [-0.39, 0.29) is 11.8 Å². The number of anilines is 2. The van der Waals surface area contributed by atoms with Gasteiger partial charge in [0, 0.05) is 37.3 Å². The molecule has 29 heavy (non-hydrogen) atoms. The minimum absolute atomic E-state index is 0.0708. The largest absolute Gasteiger partial charge is 0.378 e. The zero-order valence-electron chi connectivity index (χ0n) is 16.2. The number of carbonyl (C=O) groups excluding carboxylic acids is 2. The SMILES string of the molecule is O=C(Nc1cc(C(=O)N2CCOCC2)ccc1N1CCCC1)c1ccc(F)cc1. The average Bonchev–Trinajstić information content (AvgIpc) is 3.29. The van der Waals surface area contributed by atoms with Crippen molar-refractivity contribution in [2.45, 2.75) is 12.8 Å². The third kappa shape index (κ3) is 4.40. The van der Waals surface area contributed by atoms with Gasteiger partial charge in [0.15, 0.2) is 0 Å². The lowest BCUT2D eigenvalue weighted by molar-refractivity contribution is 0.0303. The first-order chi connectivity index (χ1) is 14.1. The lowest BCUT2D eigenvalue weighted by atomic mass is 10.1. The monoisotopic (exact) mass is 397 g/mol. The van der Waals surface area contributed by atoms with Crippen LogP contribution in [-0.4, -0.2) is 56.1 Å². The topological polar surface area (TPSA) is 61.9 Å². The Morgan fingerprint density at radius 3 is 2.24 bits per heavy atom. The van der Waals surface area contributed by atoms with Crippen LogP contribution in [0.1, 0.15) is 33.6 Å². The maximum atomic E-state index is 13.2. The van der Waals surface area contributed by atoms with E-state index in [2.05, 4.69) is 10.2 Å². The summed E-state index contributed by atoms with van der Waals surface area (Å²) in [4.78, 5) is 29.6. The van der Waals surface area contributed by atoms with Gasteiger partial charge in [0.1, 0.15) is 5.82 Å². The van der Waals surface area contributed by atoms with E-state index in [0.717, 1.165) is 31.6 Å². The molecule has 2 fully saturated rings. The maximum absolute atomic E-state index is 13.2. The molecule has 152 valence electrons. The zero-order chi connectivity index (χ0) is 20.2. The normalized spacial score (nSPS) is 16.7. The zero-order valence-corrected chi connectivity index (χ0v) is 16.2. The predicted octanol–water partition coefficient (Wildman–Crippen LogP) is 3.15. The second-order valence-corrected chi connectivity index (χ2v) is 7.29. The Balaban J connectivity index is 1.61. The van der Waals surface area contributed by atoms with E-state index in [0.29, 0.717) is 43.1 Å². The van der Waals surface area contributed by atoms with Crippen molar-refractivity contribution in [2.75, 3.05) is 49.6 Å². The number of ether oxygens (including phenoxy) is 1. The Bertz CT molecular complexity index is 889. The van der Waals surface area contributed by atoms with Gasteiger partial charge in [-0.2, -0.15) is 0 Å². The maximum Gasteiger partial charge on any atom is 0.255 e. The molecular formula is C22H24FN3O3. The Labute approximate surface area is 169 Å². The molecule has 0 aromatic heterocycles. The third-order valence-electron chi connectivity index (χ3n) is 5.34. The van der Waals surface area contributed by atoms with E-state index in [4.69, 9.17) is 4.74 Å². The van der Waals surface area contributed by atoms with Crippen LogP contribution in [0.15, 0.2) is 42.5 Å². The van der Waals surface area contributed by atoms with Gasteiger partial charge in [-0.1, -0.05) is 0 Å². The standard InChI is InChI=1S/C22H24FN3O3/c23-18-6-3-16(4-7-18)21(27)24-19-15-17(22(28)26-11-13-29-14-12-26)5-8-20(19)25-9-1-2-10-25/h3-8,15H,1-2,9-14H2,(H,24,27). The molecule has 2 aliphatic heterocycles. The molecule has 0 radical (unpaired) electrons. The number of amides is 2. The summed E-state index contributed by atoms with van der Waals surface area (Å²) in [6.45, 7) is 4.01. The summed E-state index contributed by atoms with van der Waals surface area (Å²) in [5.74, 6) is -0.794. The van der Waals surface area contributed by atoms with Crippen molar-refractivity contribution in [3.63, 3.8) is 0 Å². The number of nitrogens with one attached hydrogen (secondary N) is 1. The van der Waals surface area contributed by atoms with Gasteiger partial charge in [-0.25, -0.2) is 4.39 Å². The molecule has 0 unspecified atom stereocenters. The molecule has 1 N–H and O–H groups in total. The highest BCUT2D eigenvalue weighted by molar-refractivity contribution is 6.07. The Morgan fingerprint density at radius 1 is 0.897 bits per heavy atom. The smallest absolute Gasteiger partial charge is 0.255 e. The van der Waals surface area contributed by atoms with Crippen molar-refractivity contribution >= 4 is 23.2 Å². The van der Waals surface area contributed by atoms with Crippen molar-refractivity contribution in [2.24, 2.45) is 0 Å². The van der Waals surface area contributed by atoms with Gasteiger partial charge in [-0.3, -0.25) is 9.59 Å². The first kappa shape index (κ1) is 19.4. The molecule has 0 atom stereocenters. The highest BCUT2D eigenvalue weighted by Gasteiger charge is 2.22. The molecule has 2 amide bonds. The van der Waals surface area contributed by atoms with Crippen LogP contribution in [0.25, 0.3) is 0 Å². The fourth-order valence-corrected chi connectivity index (χ4v) is 3.75. The number of carbonyl (C=O) groups is 2. The molecule has 2 aliphatic rings. The van der Waals surface area contributed by atoms with Crippen molar-refractivity contribution in [1.82, 2.24) is 4.90 Å². The third-order valence-corrected chi connectivity index (χ3v) is 5.34. The molecule has 0 aliphatic carbocycles. The second-order valence-electron chi connectivity index (χ2n) is 7.29.